The summed E-state index contributed by atoms with van der Waals surface area (Å²) in [6.45, 7) is 0. The van der Waals surface area contributed by atoms with E-state index in [2.05, 4.69) is 10.3 Å². The SMILES string of the molecule is Cl.O=C(O)c1cccc(Nc2ccnc3c(C(F)(F)F)cccc23)c1. The van der Waals surface area contributed by atoms with Gasteiger partial charge in [-0.05, 0) is 30.3 Å². The van der Waals surface area contributed by atoms with Crippen molar-refractivity contribution >= 4 is 40.7 Å². The van der Waals surface area contributed by atoms with Crippen molar-refractivity contribution in [1.82, 2.24) is 4.98 Å². The summed E-state index contributed by atoms with van der Waals surface area (Å²) in [4.78, 5) is 14.9. The van der Waals surface area contributed by atoms with Gasteiger partial charge in [0.05, 0.1) is 16.6 Å². The van der Waals surface area contributed by atoms with E-state index >= 15 is 0 Å². The third kappa shape index (κ3) is 3.83. The van der Waals surface area contributed by atoms with Crippen LogP contribution in [0.2, 0.25) is 0 Å². The number of alkyl halides is 3. The van der Waals surface area contributed by atoms with Crippen molar-refractivity contribution in [2.75, 3.05) is 5.32 Å². The Bertz CT molecular complexity index is 929. The van der Waals surface area contributed by atoms with E-state index in [-0.39, 0.29) is 23.5 Å². The molecule has 0 unspecified atom stereocenters. The van der Waals surface area contributed by atoms with Crippen LogP contribution >= 0.6 is 12.4 Å². The lowest BCUT2D eigenvalue weighted by Crippen LogP contribution is -2.07. The number of pyridine rings is 1. The van der Waals surface area contributed by atoms with E-state index in [1.807, 2.05) is 0 Å². The summed E-state index contributed by atoms with van der Waals surface area (Å²) < 4.78 is 39.3. The number of carboxylic acids is 1. The van der Waals surface area contributed by atoms with Crippen LogP contribution in [0.15, 0.2) is 54.7 Å². The molecule has 0 aliphatic carbocycles. The number of rotatable bonds is 3. The molecule has 0 atom stereocenters. The molecule has 3 rings (SSSR count). The highest BCUT2D eigenvalue weighted by Gasteiger charge is 2.33. The van der Waals surface area contributed by atoms with Gasteiger partial charge in [0.25, 0.3) is 0 Å². The molecule has 25 heavy (non-hydrogen) atoms. The predicted octanol–water partition coefficient (Wildman–Crippen LogP) is 5.12. The van der Waals surface area contributed by atoms with Crippen molar-refractivity contribution in [2.45, 2.75) is 6.18 Å². The quantitative estimate of drug-likeness (QED) is 0.673. The van der Waals surface area contributed by atoms with Crippen LogP contribution in [0.25, 0.3) is 10.9 Å². The predicted molar refractivity (Wildman–Crippen MR) is 90.7 cm³/mol. The molecule has 2 N–H and O–H groups in total. The Balaban J connectivity index is 0.00000225. The summed E-state index contributed by atoms with van der Waals surface area (Å²) in [5.74, 6) is -1.09. The molecule has 3 aromatic rings. The normalized spacial score (nSPS) is 11.0. The number of anilines is 2. The molecule has 0 saturated heterocycles. The number of para-hydroxylation sites is 1. The molecule has 0 saturated carbocycles. The Morgan fingerprint density at radius 1 is 1.08 bits per heavy atom. The first kappa shape index (κ1) is 18.5. The largest absolute Gasteiger partial charge is 0.478 e. The van der Waals surface area contributed by atoms with E-state index in [0.29, 0.717) is 16.8 Å². The molecule has 1 aromatic heterocycles. The number of fused-ring (bicyclic) bond motifs is 1. The van der Waals surface area contributed by atoms with Crippen molar-refractivity contribution < 1.29 is 23.1 Å². The first-order valence-electron chi connectivity index (χ1n) is 6.91. The lowest BCUT2D eigenvalue weighted by atomic mass is 10.1. The number of aromatic nitrogens is 1. The maximum atomic E-state index is 13.1. The Morgan fingerprint density at radius 2 is 1.80 bits per heavy atom. The summed E-state index contributed by atoms with van der Waals surface area (Å²) in [5, 5.41) is 12.3. The molecular formula is C17H12ClF3N2O2. The van der Waals surface area contributed by atoms with Crippen LogP contribution in [-0.2, 0) is 6.18 Å². The summed E-state index contributed by atoms with van der Waals surface area (Å²) >= 11 is 0. The van der Waals surface area contributed by atoms with E-state index in [1.54, 1.807) is 12.1 Å². The fraction of sp³-hybridized carbons (Fsp3) is 0.0588. The van der Waals surface area contributed by atoms with Gasteiger partial charge in [-0.3, -0.25) is 4.98 Å². The Morgan fingerprint density at radius 3 is 2.48 bits per heavy atom. The minimum absolute atomic E-state index is 0. The van der Waals surface area contributed by atoms with Gasteiger partial charge in [0, 0.05) is 23.0 Å². The van der Waals surface area contributed by atoms with Crippen molar-refractivity contribution in [2.24, 2.45) is 0 Å². The second-order valence-electron chi connectivity index (χ2n) is 5.07. The van der Waals surface area contributed by atoms with Crippen LogP contribution in [0.3, 0.4) is 0 Å². The van der Waals surface area contributed by atoms with E-state index in [4.69, 9.17) is 5.11 Å². The highest BCUT2D eigenvalue weighted by atomic mass is 35.5. The molecule has 0 radical (unpaired) electrons. The van der Waals surface area contributed by atoms with Crippen LogP contribution in [0.4, 0.5) is 24.5 Å². The highest BCUT2D eigenvalue weighted by Crippen LogP contribution is 2.36. The zero-order valence-electron chi connectivity index (χ0n) is 12.5. The van der Waals surface area contributed by atoms with Gasteiger partial charge in [0.15, 0.2) is 0 Å². The molecule has 0 bridgehead atoms. The number of aromatic carboxylic acids is 1. The van der Waals surface area contributed by atoms with E-state index in [9.17, 15) is 18.0 Å². The van der Waals surface area contributed by atoms with Gasteiger partial charge in [-0.2, -0.15) is 13.2 Å². The summed E-state index contributed by atoms with van der Waals surface area (Å²) in [6, 6.07) is 11.4. The monoisotopic (exact) mass is 368 g/mol. The van der Waals surface area contributed by atoms with Crippen molar-refractivity contribution in [3.8, 4) is 0 Å². The van der Waals surface area contributed by atoms with Crippen LogP contribution in [0.1, 0.15) is 15.9 Å². The fourth-order valence-corrected chi connectivity index (χ4v) is 2.40. The second kappa shape index (κ2) is 6.98. The molecule has 0 fully saturated rings. The van der Waals surface area contributed by atoms with Gasteiger partial charge < -0.3 is 10.4 Å². The molecular weight excluding hydrogens is 357 g/mol. The van der Waals surface area contributed by atoms with Crippen LogP contribution < -0.4 is 5.32 Å². The average Bonchev–Trinajstić information content (AvgIpc) is 2.54. The Hall–Kier alpha value is -2.80. The zero-order chi connectivity index (χ0) is 17.3. The second-order valence-corrected chi connectivity index (χ2v) is 5.07. The number of carboxylic acid groups (broad SMARTS) is 1. The average molecular weight is 369 g/mol. The molecule has 0 aliphatic heterocycles. The third-order valence-corrected chi connectivity index (χ3v) is 3.46. The number of carbonyl (C=O) groups is 1. The number of hydrogen-bond donors (Lipinski definition) is 2. The van der Waals surface area contributed by atoms with Gasteiger partial charge in [-0.1, -0.05) is 18.2 Å². The lowest BCUT2D eigenvalue weighted by molar-refractivity contribution is -0.136. The third-order valence-electron chi connectivity index (χ3n) is 3.46. The fourth-order valence-electron chi connectivity index (χ4n) is 2.40. The molecule has 4 nitrogen and oxygen atoms in total. The number of nitrogens with zero attached hydrogens (tertiary/aromatic N) is 1. The molecule has 1 heterocycles. The molecule has 130 valence electrons. The van der Waals surface area contributed by atoms with Crippen LogP contribution in [-0.4, -0.2) is 16.1 Å². The Kier molecular flexibility index (Phi) is 5.18. The highest BCUT2D eigenvalue weighted by molar-refractivity contribution is 5.95. The number of nitrogens with one attached hydrogen (secondary N) is 1. The minimum Gasteiger partial charge on any atom is -0.478 e. The van der Waals surface area contributed by atoms with E-state index in [1.165, 1.54) is 36.5 Å². The first-order valence-corrected chi connectivity index (χ1v) is 6.91. The van der Waals surface area contributed by atoms with E-state index < -0.39 is 17.7 Å². The summed E-state index contributed by atoms with van der Waals surface area (Å²) in [6.07, 6.45) is -3.23. The summed E-state index contributed by atoms with van der Waals surface area (Å²) in [7, 11) is 0. The first-order chi connectivity index (χ1) is 11.4. The minimum atomic E-state index is -4.51. The van der Waals surface area contributed by atoms with E-state index in [0.717, 1.165) is 6.07 Å². The summed E-state index contributed by atoms with van der Waals surface area (Å²) in [5.41, 5.74) is -0.0323. The molecule has 0 aliphatic rings. The number of halogens is 4. The maximum absolute atomic E-state index is 13.1. The van der Waals surface area contributed by atoms with Crippen molar-refractivity contribution in [1.29, 1.82) is 0 Å². The van der Waals surface area contributed by atoms with Crippen LogP contribution in [0.5, 0.6) is 0 Å². The topological polar surface area (TPSA) is 62.2 Å². The smallest absolute Gasteiger partial charge is 0.418 e. The molecule has 2 aromatic carbocycles. The number of benzene rings is 2. The van der Waals surface area contributed by atoms with Gasteiger partial charge >= 0.3 is 12.1 Å². The standard InChI is InChI=1S/C17H11F3N2O2.ClH/c18-17(19,20)13-6-2-5-12-14(7-8-21-15(12)13)22-11-4-1-3-10(9-11)16(23)24;/h1-9H,(H,21,22)(H,23,24);1H. The maximum Gasteiger partial charge on any atom is 0.418 e. The zero-order valence-corrected chi connectivity index (χ0v) is 13.4. The van der Waals surface area contributed by atoms with Gasteiger partial charge in [-0.15, -0.1) is 12.4 Å². The number of hydrogen-bond acceptors (Lipinski definition) is 3. The van der Waals surface area contributed by atoms with Gasteiger partial charge in [0.2, 0.25) is 0 Å². The van der Waals surface area contributed by atoms with Crippen molar-refractivity contribution in [3.63, 3.8) is 0 Å². The molecule has 0 amide bonds. The van der Waals surface area contributed by atoms with Gasteiger partial charge in [-0.25, -0.2) is 4.79 Å². The van der Waals surface area contributed by atoms with Gasteiger partial charge in [0.1, 0.15) is 0 Å². The van der Waals surface area contributed by atoms with Crippen LogP contribution in [0, 0.1) is 0 Å². The Labute approximate surface area is 146 Å². The molecule has 8 heteroatoms. The lowest BCUT2D eigenvalue weighted by Gasteiger charge is -2.13. The van der Waals surface area contributed by atoms with Crippen molar-refractivity contribution in [3.05, 3.63) is 65.9 Å². The molecule has 0 spiro atoms.